The average Bonchev–Trinajstić information content (AvgIpc) is 3.33. The molecule has 2 amide bonds. The van der Waals surface area contributed by atoms with Gasteiger partial charge in [-0.15, -0.1) is 0 Å². The average molecular weight is 632 g/mol. The van der Waals surface area contributed by atoms with Gasteiger partial charge in [-0.05, 0) is 129 Å². The normalized spacial score (nSPS) is 36.1. The number of carbonyl (C=O) groups is 3. The predicted octanol–water partition coefficient (Wildman–Crippen LogP) is 4.19. The lowest BCUT2D eigenvalue weighted by atomic mass is 9.44. The molecule has 0 spiro atoms. The van der Waals surface area contributed by atoms with Crippen molar-refractivity contribution in [3.8, 4) is 0 Å². The van der Waals surface area contributed by atoms with Crippen molar-refractivity contribution in [1.82, 2.24) is 10.6 Å². The fraction of sp³-hybridized carbons (Fsp3) is 0.886. The molecule has 4 saturated carbocycles. The number of nitrogens with two attached hydrogens (primary N) is 2. The summed E-state index contributed by atoms with van der Waals surface area (Å²) in [5.74, 6) is 1.94. The summed E-state index contributed by atoms with van der Waals surface area (Å²) in [5, 5.41) is 25.5. The van der Waals surface area contributed by atoms with Gasteiger partial charge in [0.05, 0.1) is 6.10 Å². The van der Waals surface area contributed by atoms with Gasteiger partial charge in [-0.1, -0.05) is 34.6 Å². The van der Waals surface area contributed by atoms with Crippen LogP contribution in [0.25, 0.3) is 0 Å². The number of nitrogens with one attached hydrogen (secondary N) is 2. The lowest BCUT2D eigenvalue weighted by Crippen LogP contribution is -2.54. The molecule has 4 aliphatic rings. The molecule has 8 N–H and O–H groups in total. The Hall–Kier alpha value is -2.36. The second-order valence-electron chi connectivity index (χ2n) is 16.0. The Morgan fingerprint density at radius 1 is 0.911 bits per heavy atom. The molecule has 0 aliphatic heterocycles. The van der Waals surface area contributed by atoms with Crippen LogP contribution in [-0.4, -0.2) is 58.7 Å². The summed E-state index contributed by atoms with van der Waals surface area (Å²) in [6.45, 7) is 11.4. The zero-order valence-electron chi connectivity index (χ0n) is 28.4. The number of carboxylic acids is 1. The molecule has 0 aromatic rings. The summed E-state index contributed by atoms with van der Waals surface area (Å²) < 4.78 is 0. The van der Waals surface area contributed by atoms with Crippen LogP contribution in [0.1, 0.15) is 118 Å². The van der Waals surface area contributed by atoms with Crippen molar-refractivity contribution in [3.05, 3.63) is 0 Å². The highest BCUT2D eigenvalue weighted by molar-refractivity contribution is 5.90. The highest BCUT2D eigenvalue weighted by atomic mass is 16.4. The number of aliphatic hydroxyl groups is 1. The number of rotatable bonds is 13. The summed E-state index contributed by atoms with van der Waals surface area (Å²) in [6.07, 6.45) is 12.4. The highest BCUT2D eigenvalue weighted by Gasteiger charge is 2.60. The van der Waals surface area contributed by atoms with E-state index in [1.165, 1.54) is 44.9 Å². The number of guanidine groups is 1. The largest absolute Gasteiger partial charge is 0.480 e. The summed E-state index contributed by atoms with van der Waals surface area (Å²) in [6, 6.07) is -1.90. The second-order valence-corrected chi connectivity index (χ2v) is 16.0. The quantitative estimate of drug-likeness (QED) is 0.100. The van der Waals surface area contributed by atoms with Gasteiger partial charge >= 0.3 is 5.97 Å². The van der Waals surface area contributed by atoms with Gasteiger partial charge in [-0.25, -0.2) is 4.79 Å². The number of hydrogen-bond acceptors (Lipinski definition) is 5. The number of fused-ring (bicyclic) bond motifs is 5. The number of aliphatic carboxylic acids is 1. The third-order valence-electron chi connectivity index (χ3n) is 13.1. The Kier molecular flexibility index (Phi) is 11.5. The number of carboxylic acid groups (broad SMARTS) is 1. The van der Waals surface area contributed by atoms with E-state index in [1.807, 2.05) is 13.8 Å². The molecule has 11 atom stereocenters. The van der Waals surface area contributed by atoms with E-state index in [0.29, 0.717) is 41.4 Å². The Morgan fingerprint density at radius 3 is 2.27 bits per heavy atom. The zero-order valence-corrected chi connectivity index (χ0v) is 28.4. The minimum absolute atomic E-state index is 0.0600. The molecule has 4 rings (SSSR count). The van der Waals surface area contributed by atoms with E-state index in [4.69, 9.17) is 11.5 Å². The molecule has 0 bridgehead atoms. The Morgan fingerprint density at radius 2 is 1.60 bits per heavy atom. The van der Waals surface area contributed by atoms with Crippen LogP contribution in [0.2, 0.25) is 0 Å². The van der Waals surface area contributed by atoms with Crippen LogP contribution in [0.15, 0.2) is 4.99 Å². The van der Waals surface area contributed by atoms with Crippen LogP contribution in [0.3, 0.4) is 0 Å². The lowest BCUT2D eigenvalue weighted by Gasteiger charge is -2.61. The van der Waals surface area contributed by atoms with E-state index < -0.39 is 24.0 Å². The van der Waals surface area contributed by atoms with Crippen molar-refractivity contribution in [3.63, 3.8) is 0 Å². The Labute approximate surface area is 270 Å². The van der Waals surface area contributed by atoms with Crippen LogP contribution < -0.4 is 22.1 Å². The summed E-state index contributed by atoms with van der Waals surface area (Å²) in [5.41, 5.74) is 11.3. The van der Waals surface area contributed by atoms with Crippen LogP contribution >= 0.6 is 0 Å². The standard InChI is InChI=1S/C35H61N5O5/c1-20(2)30(31(43)39-28(32(44)45)7-6-18-38-33(36)37)40-29(42)13-8-21(3)25-11-12-26-24-10-9-22-19-23(41)14-16-34(22,4)27(24)15-17-35(25,26)5/h20-28,30,41H,6-19H2,1-5H3,(H,39,43)(H,40,42)(H,44,45)(H4,36,37,38)/t21?,22-,23-,24+,25-,26+,27+,28?,30?,34+,35-/m1/s1. The van der Waals surface area contributed by atoms with Gasteiger partial charge < -0.3 is 32.3 Å². The molecule has 10 nitrogen and oxygen atoms in total. The molecule has 0 aromatic heterocycles. The first kappa shape index (κ1) is 35.5. The van der Waals surface area contributed by atoms with E-state index in [-0.39, 0.29) is 36.9 Å². The molecule has 0 radical (unpaired) electrons. The van der Waals surface area contributed by atoms with Crippen molar-refractivity contribution in [2.24, 2.45) is 68.7 Å². The summed E-state index contributed by atoms with van der Waals surface area (Å²) in [7, 11) is 0. The maximum absolute atomic E-state index is 13.2. The van der Waals surface area contributed by atoms with Gasteiger partial charge in [0, 0.05) is 13.0 Å². The molecule has 0 saturated heterocycles. The van der Waals surface area contributed by atoms with Crippen molar-refractivity contribution in [2.75, 3.05) is 6.54 Å². The first-order chi connectivity index (χ1) is 21.2. The molecule has 0 heterocycles. The van der Waals surface area contributed by atoms with E-state index >= 15 is 0 Å². The minimum atomic E-state index is -1.13. The monoisotopic (exact) mass is 631 g/mol. The fourth-order valence-corrected chi connectivity index (χ4v) is 10.6. The maximum Gasteiger partial charge on any atom is 0.326 e. The van der Waals surface area contributed by atoms with E-state index in [9.17, 15) is 24.6 Å². The van der Waals surface area contributed by atoms with Crippen LogP contribution in [0, 0.1) is 52.3 Å². The predicted molar refractivity (Wildman–Crippen MR) is 176 cm³/mol. The zero-order chi connectivity index (χ0) is 33.1. The molecule has 4 fully saturated rings. The topological polar surface area (TPSA) is 180 Å². The number of amides is 2. The van der Waals surface area contributed by atoms with Crippen molar-refractivity contribution in [2.45, 2.75) is 136 Å². The van der Waals surface area contributed by atoms with Crippen LogP contribution in [0.4, 0.5) is 0 Å². The van der Waals surface area contributed by atoms with Gasteiger partial charge in [0.25, 0.3) is 0 Å². The van der Waals surface area contributed by atoms with Gasteiger partial charge in [-0.3, -0.25) is 14.6 Å². The first-order valence-electron chi connectivity index (χ1n) is 17.7. The first-order valence-corrected chi connectivity index (χ1v) is 17.7. The number of nitrogens with zero attached hydrogens (tertiary/aromatic N) is 1. The number of carbonyl (C=O) groups excluding carboxylic acids is 2. The highest BCUT2D eigenvalue weighted by Crippen LogP contribution is 2.68. The number of hydrogen-bond donors (Lipinski definition) is 6. The molecule has 4 aliphatic carbocycles. The minimum Gasteiger partial charge on any atom is -0.480 e. The number of aliphatic imine (C=N–C) groups is 1. The van der Waals surface area contributed by atoms with Crippen molar-refractivity contribution in [1.29, 1.82) is 0 Å². The second kappa shape index (κ2) is 14.6. The maximum atomic E-state index is 13.2. The molecule has 0 aromatic carbocycles. The molecule has 10 heteroatoms. The van der Waals surface area contributed by atoms with E-state index in [2.05, 4.69) is 36.4 Å². The lowest BCUT2D eigenvalue weighted by molar-refractivity contribution is -0.142. The molecular weight excluding hydrogens is 570 g/mol. The summed E-state index contributed by atoms with van der Waals surface area (Å²) in [4.78, 5) is 41.9. The van der Waals surface area contributed by atoms with Gasteiger partial charge in [0.1, 0.15) is 12.1 Å². The van der Waals surface area contributed by atoms with Gasteiger partial charge in [-0.2, -0.15) is 0 Å². The molecule has 45 heavy (non-hydrogen) atoms. The van der Waals surface area contributed by atoms with Gasteiger partial charge in [0.15, 0.2) is 5.96 Å². The van der Waals surface area contributed by atoms with Crippen LogP contribution in [0.5, 0.6) is 0 Å². The van der Waals surface area contributed by atoms with E-state index in [0.717, 1.165) is 37.0 Å². The molecular formula is C35H61N5O5. The van der Waals surface area contributed by atoms with Crippen molar-refractivity contribution < 1.29 is 24.6 Å². The molecule has 256 valence electrons. The number of aliphatic hydroxyl groups excluding tert-OH is 1. The fourth-order valence-electron chi connectivity index (χ4n) is 10.6. The SMILES string of the molecule is CC(C)C(NC(=O)CCC(C)[C@H]1CC[C@H]2[C@@H]3CC[C@@H]4C[C@H](O)CC[C@]4(C)[C@H]3CC[C@]12C)C(=O)NC(CCCN=C(N)N)C(=O)O. The smallest absolute Gasteiger partial charge is 0.326 e. The van der Waals surface area contributed by atoms with Crippen LogP contribution in [-0.2, 0) is 14.4 Å². The van der Waals surface area contributed by atoms with Crippen molar-refractivity contribution >= 4 is 23.7 Å². The summed E-state index contributed by atoms with van der Waals surface area (Å²) >= 11 is 0. The third-order valence-corrected chi connectivity index (χ3v) is 13.1. The van der Waals surface area contributed by atoms with Gasteiger partial charge in [0.2, 0.25) is 11.8 Å². The third kappa shape index (κ3) is 7.79. The Balaban J connectivity index is 1.30. The molecule has 3 unspecified atom stereocenters. The van der Waals surface area contributed by atoms with E-state index in [1.54, 1.807) is 0 Å². The Bertz CT molecular complexity index is 1090.